The second-order valence-electron chi connectivity index (χ2n) is 5.90. The number of tetrazole rings is 1. The van der Waals surface area contributed by atoms with Crippen LogP contribution in [0.15, 0.2) is 60.9 Å². The number of hydrogen-bond acceptors (Lipinski definition) is 6. The van der Waals surface area contributed by atoms with E-state index in [0.29, 0.717) is 12.3 Å². The van der Waals surface area contributed by atoms with Gasteiger partial charge in [-0.05, 0) is 47.3 Å². The maximum atomic E-state index is 10.2. The van der Waals surface area contributed by atoms with E-state index in [1.165, 1.54) is 11.9 Å². The highest BCUT2D eigenvalue weighted by molar-refractivity contribution is 5.36. The van der Waals surface area contributed by atoms with Crippen molar-refractivity contribution in [2.75, 3.05) is 20.2 Å². The number of aliphatic hydroxyl groups is 1. The van der Waals surface area contributed by atoms with Crippen molar-refractivity contribution in [1.82, 2.24) is 25.1 Å². The molecule has 1 heterocycles. The minimum absolute atomic E-state index is 0.239. The lowest BCUT2D eigenvalue weighted by Gasteiger charge is -2.21. The lowest BCUT2D eigenvalue weighted by Crippen LogP contribution is -2.32. The number of nitrogens with zero attached hydrogens (tertiary/aromatic N) is 5. The van der Waals surface area contributed by atoms with Crippen LogP contribution in [0.4, 0.5) is 0 Å². The lowest BCUT2D eigenvalue weighted by molar-refractivity contribution is 0.0744. The van der Waals surface area contributed by atoms with E-state index in [1.54, 1.807) is 4.68 Å². The van der Waals surface area contributed by atoms with Crippen LogP contribution >= 0.6 is 0 Å². The van der Waals surface area contributed by atoms with E-state index < -0.39 is 6.10 Å². The molecule has 0 saturated carbocycles. The maximum absolute atomic E-state index is 10.2. The number of aromatic nitrogens is 4. The molecule has 0 bridgehead atoms. The van der Waals surface area contributed by atoms with Crippen molar-refractivity contribution in [2.45, 2.75) is 12.6 Å². The summed E-state index contributed by atoms with van der Waals surface area (Å²) in [7, 11) is 1.98. The van der Waals surface area contributed by atoms with Gasteiger partial charge in [-0.2, -0.15) is 0 Å². The number of benzene rings is 2. The van der Waals surface area contributed by atoms with Crippen molar-refractivity contribution in [1.29, 1.82) is 0 Å². The monoisotopic (exact) mass is 339 g/mol. The number of aliphatic hydroxyl groups excluding tert-OH is 1. The van der Waals surface area contributed by atoms with Crippen molar-refractivity contribution in [3.05, 3.63) is 66.5 Å². The molecule has 0 amide bonds. The van der Waals surface area contributed by atoms with E-state index in [9.17, 15) is 5.11 Å². The molecule has 0 radical (unpaired) electrons. The average Bonchev–Trinajstić information content (AvgIpc) is 3.16. The molecule has 0 spiro atoms. The normalized spacial score (nSPS) is 12.3. The van der Waals surface area contributed by atoms with E-state index in [0.717, 1.165) is 12.2 Å². The second-order valence-corrected chi connectivity index (χ2v) is 5.90. The zero-order chi connectivity index (χ0) is 17.5. The van der Waals surface area contributed by atoms with E-state index in [4.69, 9.17) is 4.74 Å². The predicted octanol–water partition coefficient (Wildman–Crippen LogP) is 1.53. The first-order valence-corrected chi connectivity index (χ1v) is 8.07. The third-order valence-corrected chi connectivity index (χ3v) is 3.71. The van der Waals surface area contributed by atoms with E-state index in [2.05, 4.69) is 32.6 Å². The molecule has 3 rings (SSSR count). The molecule has 25 heavy (non-hydrogen) atoms. The molecule has 3 aromatic rings. The van der Waals surface area contributed by atoms with Gasteiger partial charge >= 0.3 is 0 Å². The van der Waals surface area contributed by atoms with Gasteiger partial charge in [0.2, 0.25) is 0 Å². The summed E-state index contributed by atoms with van der Waals surface area (Å²) in [6.45, 7) is 1.57. The summed E-state index contributed by atoms with van der Waals surface area (Å²) >= 11 is 0. The van der Waals surface area contributed by atoms with Gasteiger partial charge in [-0.1, -0.05) is 30.3 Å². The Morgan fingerprint density at radius 3 is 2.56 bits per heavy atom. The molecular formula is C18H21N5O2. The molecular weight excluding hydrogens is 318 g/mol. The second kappa shape index (κ2) is 8.36. The highest BCUT2D eigenvalue weighted by Gasteiger charge is 2.10. The summed E-state index contributed by atoms with van der Waals surface area (Å²) in [5, 5.41) is 21.2. The van der Waals surface area contributed by atoms with Crippen molar-refractivity contribution in [2.24, 2.45) is 0 Å². The van der Waals surface area contributed by atoms with Gasteiger partial charge in [0.15, 0.2) is 0 Å². The average molecular weight is 339 g/mol. The molecule has 0 aliphatic carbocycles. The zero-order valence-corrected chi connectivity index (χ0v) is 14.1. The summed E-state index contributed by atoms with van der Waals surface area (Å²) in [4.78, 5) is 2.07. The molecule has 0 aliphatic rings. The molecule has 0 fully saturated rings. The Morgan fingerprint density at radius 1 is 1.12 bits per heavy atom. The Kier molecular flexibility index (Phi) is 5.71. The van der Waals surface area contributed by atoms with Crippen LogP contribution in [0.3, 0.4) is 0 Å². The molecule has 1 atom stereocenters. The van der Waals surface area contributed by atoms with Gasteiger partial charge in [-0.3, -0.25) is 4.90 Å². The maximum Gasteiger partial charge on any atom is 0.143 e. The summed E-state index contributed by atoms with van der Waals surface area (Å²) in [6.07, 6.45) is 0.968. The van der Waals surface area contributed by atoms with Gasteiger partial charge in [0, 0.05) is 13.1 Å². The van der Waals surface area contributed by atoms with E-state index >= 15 is 0 Å². The van der Waals surface area contributed by atoms with Crippen molar-refractivity contribution < 1.29 is 9.84 Å². The molecule has 7 heteroatoms. The highest BCUT2D eigenvalue weighted by Crippen LogP contribution is 2.14. The Bertz CT molecular complexity index is 747. The van der Waals surface area contributed by atoms with Crippen LogP contribution in [0.5, 0.6) is 5.75 Å². The largest absolute Gasteiger partial charge is 0.491 e. The topological polar surface area (TPSA) is 76.3 Å². The molecule has 0 aliphatic heterocycles. The first-order valence-electron chi connectivity index (χ1n) is 8.07. The van der Waals surface area contributed by atoms with Crippen LogP contribution in [0, 0.1) is 0 Å². The molecule has 1 aromatic heterocycles. The van der Waals surface area contributed by atoms with Gasteiger partial charge in [0.25, 0.3) is 0 Å². The Hall–Kier alpha value is -2.77. The highest BCUT2D eigenvalue weighted by atomic mass is 16.5. The van der Waals surface area contributed by atoms with Crippen molar-refractivity contribution in [3.8, 4) is 11.4 Å². The summed E-state index contributed by atoms with van der Waals surface area (Å²) in [5.74, 6) is 0.696. The number of rotatable bonds is 8. The van der Waals surface area contributed by atoms with Crippen LogP contribution < -0.4 is 4.74 Å². The summed E-state index contributed by atoms with van der Waals surface area (Å²) < 4.78 is 7.22. The molecule has 2 aromatic carbocycles. The first-order chi connectivity index (χ1) is 12.2. The number of likely N-dealkylation sites (N-methyl/N-ethyl adjacent to an activating group) is 1. The van der Waals surface area contributed by atoms with Crippen molar-refractivity contribution in [3.63, 3.8) is 0 Å². The van der Waals surface area contributed by atoms with Crippen molar-refractivity contribution >= 4 is 0 Å². The zero-order valence-electron chi connectivity index (χ0n) is 14.1. The molecule has 130 valence electrons. The Labute approximate surface area is 146 Å². The van der Waals surface area contributed by atoms with Gasteiger partial charge in [-0.15, -0.1) is 5.10 Å². The van der Waals surface area contributed by atoms with Gasteiger partial charge in [0.05, 0.1) is 5.69 Å². The van der Waals surface area contributed by atoms with Crippen LogP contribution in [-0.4, -0.2) is 56.5 Å². The minimum atomic E-state index is -0.562. The summed E-state index contributed by atoms with van der Waals surface area (Å²) in [6, 6.07) is 17.6. The predicted molar refractivity (Wildman–Crippen MR) is 93.4 cm³/mol. The van der Waals surface area contributed by atoms with Crippen LogP contribution in [0.1, 0.15) is 5.56 Å². The van der Waals surface area contributed by atoms with Crippen LogP contribution in [0.2, 0.25) is 0 Å². The minimum Gasteiger partial charge on any atom is -0.491 e. The van der Waals surface area contributed by atoms with Gasteiger partial charge < -0.3 is 9.84 Å². The molecule has 1 unspecified atom stereocenters. The number of hydrogen-bond donors (Lipinski definition) is 1. The van der Waals surface area contributed by atoms with Crippen LogP contribution in [-0.2, 0) is 6.54 Å². The summed E-state index contributed by atoms with van der Waals surface area (Å²) in [5.41, 5.74) is 2.07. The quantitative estimate of drug-likeness (QED) is 0.671. The van der Waals surface area contributed by atoms with E-state index in [1.807, 2.05) is 49.5 Å². The fourth-order valence-corrected chi connectivity index (χ4v) is 2.54. The lowest BCUT2D eigenvalue weighted by atomic mass is 10.2. The first kappa shape index (κ1) is 17.1. The standard InChI is InChI=1S/C18H21N5O2/c1-22(11-15-5-3-2-4-6-15)12-17(24)13-25-18-9-7-16(8-10-18)23-14-19-20-21-23/h2-10,14,17,24H,11-13H2,1H3. The fraction of sp³-hybridized carbons (Fsp3) is 0.278. The third kappa shape index (κ3) is 5.10. The Balaban J connectivity index is 1.44. The molecule has 7 nitrogen and oxygen atoms in total. The number of ether oxygens (including phenoxy) is 1. The van der Waals surface area contributed by atoms with E-state index in [-0.39, 0.29) is 6.61 Å². The third-order valence-electron chi connectivity index (χ3n) is 3.71. The SMILES string of the molecule is CN(Cc1ccccc1)CC(O)COc1ccc(-n2cnnn2)cc1. The van der Waals surface area contributed by atoms with Gasteiger partial charge in [0.1, 0.15) is 24.8 Å². The Morgan fingerprint density at radius 2 is 1.88 bits per heavy atom. The smallest absolute Gasteiger partial charge is 0.143 e. The van der Waals surface area contributed by atoms with Crippen LogP contribution in [0.25, 0.3) is 5.69 Å². The molecule has 1 N–H and O–H groups in total. The fourth-order valence-electron chi connectivity index (χ4n) is 2.54. The molecule has 0 saturated heterocycles. The van der Waals surface area contributed by atoms with Gasteiger partial charge in [-0.25, -0.2) is 4.68 Å².